The molecular formula is C10H18N2O. The van der Waals surface area contributed by atoms with E-state index in [1.165, 1.54) is 0 Å². The van der Waals surface area contributed by atoms with Crippen LogP contribution in [0.1, 0.15) is 26.3 Å². The topological polar surface area (TPSA) is 27.1 Å². The summed E-state index contributed by atoms with van der Waals surface area (Å²) in [5.41, 5.74) is 1.14. The highest BCUT2D eigenvalue weighted by atomic mass is 16.5. The Hall–Kier alpha value is -0.990. The summed E-state index contributed by atoms with van der Waals surface area (Å²) in [7, 11) is 0. The Labute approximate surface area is 79.7 Å². The van der Waals surface area contributed by atoms with Gasteiger partial charge < -0.3 is 4.74 Å². The molecule has 3 nitrogen and oxygen atoms in total. The summed E-state index contributed by atoms with van der Waals surface area (Å²) in [6.07, 6.45) is 1.85. The quantitative estimate of drug-likeness (QED) is 0.615. The second kappa shape index (κ2) is 4.30. The minimum Gasteiger partial charge on any atom is -0.477 e. The Morgan fingerprint density at radius 3 is 2.92 bits per heavy atom. The smallest absolute Gasteiger partial charge is 0.214 e. The SMILES string of the molecule is CC.Cc1cnn2c1OCC(C)C2. The maximum Gasteiger partial charge on any atom is 0.214 e. The molecule has 0 aliphatic carbocycles. The number of nitrogens with zero attached hydrogens (tertiary/aromatic N) is 2. The summed E-state index contributed by atoms with van der Waals surface area (Å²) in [6, 6.07) is 0. The molecule has 0 aromatic carbocycles. The van der Waals surface area contributed by atoms with E-state index in [4.69, 9.17) is 4.74 Å². The van der Waals surface area contributed by atoms with Crippen LogP contribution < -0.4 is 4.74 Å². The lowest BCUT2D eigenvalue weighted by molar-refractivity contribution is 0.174. The van der Waals surface area contributed by atoms with Gasteiger partial charge in [-0.3, -0.25) is 0 Å². The van der Waals surface area contributed by atoms with Crippen molar-refractivity contribution in [3.8, 4) is 5.88 Å². The predicted molar refractivity (Wildman–Crippen MR) is 53.0 cm³/mol. The Bertz CT molecular complexity index is 268. The summed E-state index contributed by atoms with van der Waals surface area (Å²) >= 11 is 0. The number of hydrogen-bond acceptors (Lipinski definition) is 2. The first kappa shape index (κ1) is 10.1. The highest BCUT2D eigenvalue weighted by Crippen LogP contribution is 2.22. The van der Waals surface area contributed by atoms with Crippen LogP contribution in [0, 0.1) is 12.8 Å². The van der Waals surface area contributed by atoms with Crippen molar-refractivity contribution in [3.63, 3.8) is 0 Å². The molecule has 0 saturated carbocycles. The van der Waals surface area contributed by atoms with E-state index < -0.39 is 0 Å². The van der Waals surface area contributed by atoms with Gasteiger partial charge in [0.1, 0.15) is 0 Å². The molecule has 1 atom stereocenters. The van der Waals surface area contributed by atoms with Gasteiger partial charge in [0, 0.05) is 11.5 Å². The van der Waals surface area contributed by atoms with Crippen LogP contribution in [-0.2, 0) is 6.54 Å². The fraction of sp³-hybridized carbons (Fsp3) is 0.700. The van der Waals surface area contributed by atoms with E-state index in [0.29, 0.717) is 5.92 Å². The van der Waals surface area contributed by atoms with Gasteiger partial charge in [-0.2, -0.15) is 5.10 Å². The zero-order valence-corrected chi connectivity index (χ0v) is 8.87. The van der Waals surface area contributed by atoms with Crippen molar-refractivity contribution in [2.24, 2.45) is 5.92 Å². The Morgan fingerprint density at radius 1 is 1.54 bits per heavy atom. The van der Waals surface area contributed by atoms with Crippen molar-refractivity contribution < 1.29 is 4.74 Å². The third-order valence-corrected chi connectivity index (χ3v) is 1.95. The second-order valence-corrected chi connectivity index (χ2v) is 3.23. The Balaban J connectivity index is 0.000000396. The molecule has 0 saturated heterocycles. The van der Waals surface area contributed by atoms with Crippen molar-refractivity contribution in [1.82, 2.24) is 9.78 Å². The zero-order valence-electron chi connectivity index (χ0n) is 8.87. The second-order valence-electron chi connectivity index (χ2n) is 3.23. The molecule has 2 heterocycles. The molecule has 0 radical (unpaired) electrons. The fourth-order valence-corrected chi connectivity index (χ4v) is 1.36. The zero-order chi connectivity index (χ0) is 9.84. The summed E-state index contributed by atoms with van der Waals surface area (Å²) in [6.45, 7) is 10.0. The van der Waals surface area contributed by atoms with Gasteiger partial charge in [0.15, 0.2) is 0 Å². The largest absolute Gasteiger partial charge is 0.477 e. The lowest BCUT2D eigenvalue weighted by atomic mass is 10.2. The fourth-order valence-electron chi connectivity index (χ4n) is 1.36. The third kappa shape index (κ3) is 2.02. The van der Waals surface area contributed by atoms with E-state index in [9.17, 15) is 0 Å². The predicted octanol–water partition coefficient (Wildman–Crippen LogP) is 2.25. The average Bonchev–Trinajstić information content (AvgIpc) is 2.51. The van der Waals surface area contributed by atoms with Gasteiger partial charge in [-0.25, -0.2) is 4.68 Å². The van der Waals surface area contributed by atoms with Crippen LogP contribution in [0.15, 0.2) is 6.20 Å². The molecule has 3 heteroatoms. The number of rotatable bonds is 0. The summed E-state index contributed by atoms with van der Waals surface area (Å²) in [4.78, 5) is 0. The van der Waals surface area contributed by atoms with E-state index in [1.807, 2.05) is 31.6 Å². The lowest BCUT2D eigenvalue weighted by Gasteiger charge is -2.21. The normalized spacial score (nSPS) is 19.5. The van der Waals surface area contributed by atoms with Gasteiger partial charge in [0.2, 0.25) is 5.88 Å². The monoisotopic (exact) mass is 182 g/mol. The lowest BCUT2D eigenvalue weighted by Crippen LogP contribution is -2.23. The van der Waals surface area contributed by atoms with Crippen molar-refractivity contribution in [2.75, 3.05) is 6.61 Å². The van der Waals surface area contributed by atoms with E-state index in [2.05, 4.69) is 12.0 Å². The molecule has 1 aliphatic rings. The minimum absolute atomic E-state index is 0.585. The number of fused-ring (bicyclic) bond motifs is 1. The van der Waals surface area contributed by atoms with Crippen molar-refractivity contribution >= 4 is 0 Å². The Kier molecular flexibility index (Phi) is 3.34. The summed E-state index contributed by atoms with van der Waals surface area (Å²) in [5, 5.41) is 4.20. The molecule has 0 N–H and O–H groups in total. The molecule has 1 aromatic heterocycles. The van der Waals surface area contributed by atoms with Crippen molar-refractivity contribution in [2.45, 2.75) is 34.2 Å². The van der Waals surface area contributed by atoms with Gasteiger partial charge >= 0.3 is 0 Å². The minimum atomic E-state index is 0.585. The Morgan fingerprint density at radius 2 is 2.23 bits per heavy atom. The summed E-state index contributed by atoms with van der Waals surface area (Å²) < 4.78 is 7.44. The van der Waals surface area contributed by atoms with E-state index in [1.54, 1.807) is 0 Å². The van der Waals surface area contributed by atoms with Crippen LogP contribution in [0.25, 0.3) is 0 Å². The number of aryl methyl sites for hydroxylation is 1. The molecule has 13 heavy (non-hydrogen) atoms. The molecule has 74 valence electrons. The van der Waals surface area contributed by atoms with Crippen LogP contribution in [0.4, 0.5) is 0 Å². The molecule has 0 bridgehead atoms. The van der Waals surface area contributed by atoms with Crippen LogP contribution in [0.3, 0.4) is 0 Å². The number of aromatic nitrogens is 2. The number of hydrogen-bond donors (Lipinski definition) is 0. The molecular weight excluding hydrogens is 164 g/mol. The highest BCUT2D eigenvalue weighted by molar-refractivity contribution is 5.23. The molecule has 0 spiro atoms. The first-order valence-electron chi connectivity index (χ1n) is 4.92. The first-order chi connectivity index (χ1) is 6.27. The maximum atomic E-state index is 5.51. The van der Waals surface area contributed by atoms with Gasteiger partial charge in [-0.15, -0.1) is 0 Å². The van der Waals surface area contributed by atoms with Crippen molar-refractivity contribution in [1.29, 1.82) is 0 Å². The van der Waals surface area contributed by atoms with Gasteiger partial charge in [-0.1, -0.05) is 20.8 Å². The third-order valence-electron chi connectivity index (χ3n) is 1.95. The number of ether oxygens (including phenoxy) is 1. The van der Waals surface area contributed by atoms with Crippen LogP contribution in [0.2, 0.25) is 0 Å². The average molecular weight is 182 g/mol. The van der Waals surface area contributed by atoms with Crippen molar-refractivity contribution in [3.05, 3.63) is 11.8 Å². The molecule has 0 fully saturated rings. The van der Waals surface area contributed by atoms with Gasteiger partial charge in [0.25, 0.3) is 0 Å². The molecule has 2 rings (SSSR count). The molecule has 1 unspecified atom stereocenters. The molecule has 1 aromatic rings. The molecule has 1 aliphatic heterocycles. The highest BCUT2D eigenvalue weighted by Gasteiger charge is 2.17. The van der Waals surface area contributed by atoms with Crippen LogP contribution in [0.5, 0.6) is 5.88 Å². The van der Waals surface area contributed by atoms with E-state index in [-0.39, 0.29) is 0 Å². The van der Waals surface area contributed by atoms with Crippen LogP contribution >= 0.6 is 0 Å². The maximum absolute atomic E-state index is 5.51. The van der Waals surface area contributed by atoms with E-state index >= 15 is 0 Å². The summed E-state index contributed by atoms with van der Waals surface area (Å²) in [5.74, 6) is 1.53. The van der Waals surface area contributed by atoms with Gasteiger partial charge in [-0.05, 0) is 6.92 Å². The first-order valence-corrected chi connectivity index (χ1v) is 4.92. The molecule has 0 amide bonds. The standard InChI is InChI=1S/C8H12N2O.C2H6/c1-6-4-10-8(11-5-6)7(2)3-9-10;1-2/h3,6H,4-5H2,1-2H3;1-2H3. The van der Waals surface area contributed by atoms with E-state index in [0.717, 1.165) is 24.6 Å². The van der Waals surface area contributed by atoms with Gasteiger partial charge in [0.05, 0.1) is 19.3 Å². The van der Waals surface area contributed by atoms with Crippen LogP contribution in [-0.4, -0.2) is 16.4 Å².